The number of piperazine rings is 1. The molecule has 2 aliphatic rings. The van der Waals surface area contributed by atoms with E-state index in [1.54, 1.807) is 58.3 Å². The van der Waals surface area contributed by atoms with Gasteiger partial charge in [-0.3, -0.25) is 14.4 Å². The average molecular weight is 853 g/mol. The summed E-state index contributed by atoms with van der Waals surface area (Å²) in [5, 5.41) is 20.0. The van der Waals surface area contributed by atoms with Crippen molar-refractivity contribution in [2.24, 2.45) is 0 Å². The number of nitrogen functional groups attached to an aromatic ring is 1. The third kappa shape index (κ3) is 11.1. The van der Waals surface area contributed by atoms with E-state index in [-0.39, 0.29) is 50.2 Å². The first-order valence-corrected chi connectivity index (χ1v) is 21.8. The van der Waals surface area contributed by atoms with Gasteiger partial charge in [0.25, 0.3) is 11.8 Å². The number of hydrogen-bond donors (Lipinski definition) is 3. The number of aliphatic hydroxyl groups is 2. The Kier molecular flexibility index (Phi) is 16.9. The van der Waals surface area contributed by atoms with Crippen LogP contribution >= 0.6 is 23.5 Å². The van der Waals surface area contributed by atoms with Crippen molar-refractivity contribution in [1.29, 1.82) is 0 Å². The molecule has 3 aromatic rings. The summed E-state index contributed by atoms with van der Waals surface area (Å²) in [4.78, 5) is 45.4. The molecule has 4 N–H and O–H groups in total. The van der Waals surface area contributed by atoms with Crippen molar-refractivity contribution in [3.63, 3.8) is 0 Å². The van der Waals surface area contributed by atoms with E-state index in [1.165, 1.54) is 27.4 Å². The lowest BCUT2D eigenvalue weighted by Gasteiger charge is -2.34. The van der Waals surface area contributed by atoms with Crippen LogP contribution in [-0.4, -0.2) is 132 Å². The first-order valence-electron chi connectivity index (χ1n) is 19.7. The Morgan fingerprint density at radius 3 is 2.07 bits per heavy atom. The molecule has 0 unspecified atom stereocenters. The number of amides is 3. The van der Waals surface area contributed by atoms with Gasteiger partial charge in [0.15, 0.2) is 23.0 Å². The van der Waals surface area contributed by atoms with Gasteiger partial charge in [0.05, 0.1) is 50.7 Å². The van der Waals surface area contributed by atoms with Crippen LogP contribution in [0.2, 0.25) is 0 Å². The lowest BCUT2D eigenvalue weighted by Crippen LogP contribution is -2.50. The first-order chi connectivity index (χ1) is 28.6. The van der Waals surface area contributed by atoms with E-state index in [4.69, 9.17) is 29.4 Å². The quantitative estimate of drug-likeness (QED) is 0.0625. The number of carbonyl (C=O) groups is 3. The van der Waals surface area contributed by atoms with Gasteiger partial charge in [-0.1, -0.05) is 19.9 Å². The maximum absolute atomic E-state index is 13.8. The third-order valence-corrected chi connectivity index (χ3v) is 13.0. The number of rotatable bonds is 19. The third-order valence-electron chi connectivity index (χ3n) is 10.2. The van der Waals surface area contributed by atoms with Crippen LogP contribution in [-0.2, 0) is 18.0 Å². The highest BCUT2D eigenvalue weighted by molar-refractivity contribution is 8.17. The molecule has 2 heterocycles. The minimum atomic E-state index is -0.325. The molecule has 3 amide bonds. The first kappa shape index (κ1) is 45.3. The predicted octanol–water partition coefficient (Wildman–Crippen LogP) is 5.17. The molecule has 0 aliphatic carbocycles. The highest BCUT2D eigenvalue weighted by Crippen LogP contribution is 2.37. The zero-order valence-corrected chi connectivity index (χ0v) is 36.1. The van der Waals surface area contributed by atoms with Crippen molar-refractivity contribution in [2.75, 3.05) is 84.5 Å². The summed E-state index contributed by atoms with van der Waals surface area (Å²) in [5.74, 6) is 3.48. The Morgan fingerprint density at radius 2 is 1.44 bits per heavy atom. The molecule has 0 bridgehead atoms. The van der Waals surface area contributed by atoms with Gasteiger partial charge in [-0.05, 0) is 66.3 Å². The number of benzene rings is 3. The number of hydrogen-bond acceptors (Lipinski definition) is 13. The summed E-state index contributed by atoms with van der Waals surface area (Å²) in [6.07, 6.45) is 5.09. The molecule has 59 heavy (non-hydrogen) atoms. The molecular formula is C43H56N4O10S2. The predicted molar refractivity (Wildman–Crippen MR) is 232 cm³/mol. The van der Waals surface area contributed by atoms with Crippen molar-refractivity contribution in [2.45, 2.75) is 50.5 Å². The molecule has 320 valence electrons. The maximum atomic E-state index is 13.8. The molecule has 2 aliphatic heterocycles. The molecule has 14 nitrogen and oxygen atoms in total. The van der Waals surface area contributed by atoms with Gasteiger partial charge in [-0.2, -0.15) is 0 Å². The van der Waals surface area contributed by atoms with E-state index in [9.17, 15) is 24.6 Å². The second-order valence-electron chi connectivity index (χ2n) is 13.8. The molecule has 16 heteroatoms. The Balaban J connectivity index is 1.13. The van der Waals surface area contributed by atoms with Gasteiger partial charge >= 0.3 is 0 Å². The van der Waals surface area contributed by atoms with Crippen LogP contribution in [0.3, 0.4) is 0 Å². The fourth-order valence-corrected chi connectivity index (χ4v) is 10.1. The van der Waals surface area contributed by atoms with Crippen LogP contribution in [0.1, 0.15) is 64.1 Å². The molecule has 0 aromatic heterocycles. The SMILES string of the molecule is CCSC(SCC)[C@@H]1CCCN1C(=O)c1cc(CO)c(OCCOc2ccc(/C=C/C(=O)N3CCN(C(=O)c4cc(CO)c(OC)c(OC)c4)CC3)cc2OC)cc1N. The summed E-state index contributed by atoms with van der Waals surface area (Å²) in [6.45, 7) is 6.02. The van der Waals surface area contributed by atoms with E-state index >= 15 is 0 Å². The van der Waals surface area contributed by atoms with Crippen LogP contribution in [0.15, 0.2) is 48.5 Å². The van der Waals surface area contributed by atoms with Crippen LogP contribution < -0.4 is 29.4 Å². The number of aliphatic hydroxyl groups excluding tert-OH is 2. The van der Waals surface area contributed by atoms with E-state index in [0.29, 0.717) is 94.0 Å². The second kappa shape index (κ2) is 22.0. The van der Waals surface area contributed by atoms with Gasteiger partial charge in [-0.15, -0.1) is 23.5 Å². The second-order valence-corrected chi connectivity index (χ2v) is 16.9. The summed E-state index contributed by atoms with van der Waals surface area (Å²) < 4.78 is 28.5. The molecule has 2 saturated heterocycles. The van der Waals surface area contributed by atoms with Gasteiger partial charge < -0.3 is 54.3 Å². The van der Waals surface area contributed by atoms with Crippen molar-refractivity contribution in [3.05, 3.63) is 76.4 Å². The van der Waals surface area contributed by atoms with Crippen LogP contribution in [0.4, 0.5) is 5.69 Å². The monoisotopic (exact) mass is 852 g/mol. The van der Waals surface area contributed by atoms with Crippen molar-refractivity contribution >= 4 is 53.0 Å². The average Bonchev–Trinajstić information content (AvgIpc) is 3.76. The summed E-state index contributed by atoms with van der Waals surface area (Å²) in [7, 11) is 4.47. The lowest BCUT2D eigenvalue weighted by atomic mass is 10.1. The van der Waals surface area contributed by atoms with Crippen molar-refractivity contribution in [3.8, 4) is 28.7 Å². The molecule has 1 atom stereocenters. The summed E-state index contributed by atoms with van der Waals surface area (Å²) in [6, 6.07) is 11.8. The van der Waals surface area contributed by atoms with E-state index in [2.05, 4.69) is 13.8 Å². The molecular weight excluding hydrogens is 797 g/mol. The minimum absolute atomic E-state index is 0.124. The Bertz CT molecular complexity index is 1920. The fraction of sp³-hybridized carbons (Fsp3) is 0.465. The maximum Gasteiger partial charge on any atom is 0.256 e. The van der Waals surface area contributed by atoms with Crippen LogP contribution in [0, 0.1) is 0 Å². The number of anilines is 1. The van der Waals surface area contributed by atoms with Crippen molar-refractivity contribution in [1.82, 2.24) is 14.7 Å². The van der Waals surface area contributed by atoms with E-state index in [1.807, 2.05) is 28.4 Å². The van der Waals surface area contributed by atoms with E-state index < -0.39 is 0 Å². The molecule has 0 saturated carbocycles. The highest BCUT2D eigenvalue weighted by Gasteiger charge is 2.36. The fourth-order valence-electron chi connectivity index (χ4n) is 7.24. The minimum Gasteiger partial charge on any atom is -0.493 e. The zero-order chi connectivity index (χ0) is 42.5. The standard InChI is InChI=1S/C43H56N4O10S2/c1-6-58-43(59-7-2)34-9-8-14-47(34)42(52)32-23-30(26-48)36(25-33(32)44)57-20-19-56-35-12-10-28(21-37(35)53-3)11-13-39(50)45-15-17-46(18-16-45)41(51)29-22-31(27-49)40(55-5)38(24-29)54-4/h10-13,21-25,34,43,48-49H,6-9,14-20,26-27,44H2,1-5H3/b13-11+/t34-/m0/s1. The van der Waals surface area contributed by atoms with Crippen LogP contribution in [0.5, 0.6) is 28.7 Å². The lowest BCUT2D eigenvalue weighted by molar-refractivity contribution is -0.127. The van der Waals surface area contributed by atoms with Crippen molar-refractivity contribution < 1.29 is 48.3 Å². The molecule has 5 rings (SSSR count). The number of nitrogens with two attached hydrogens (primary N) is 1. The zero-order valence-electron chi connectivity index (χ0n) is 34.4. The largest absolute Gasteiger partial charge is 0.493 e. The molecule has 0 spiro atoms. The van der Waals surface area contributed by atoms with Gasteiger partial charge in [0, 0.05) is 67.2 Å². The number of likely N-dealkylation sites (tertiary alicyclic amines) is 1. The molecule has 0 radical (unpaired) electrons. The number of ether oxygens (including phenoxy) is 5. The summed E-state index contributed by atoms with van der Waals surface area (Å²) >= 11 is 3.75. The smallest absolute Gasteiger partial charge is 0.256 e. The summed E-state index contributed by atoms with van der Waals surface area (Å²) in [5.41, 5.74) is 9.09. The van der Waals surface area contributed by atoms with Gasteiger partial charge in [-0.25, -0.2) is 0 Å². The van der Waals surface area contributed by atoms with E-state index in [0.717, 1.165) is 29.9 Å². The van der Waals surface area contributed by atoms with Gasteiger partial charge in [0.2, 0.25) is 5.91 Å². The normalized spacial score (nSPS) is 15.5. The number of carbonyl (C=O) groups excluding carboxylic acids is 3. The number of thioether (sulfide) groups is 2. The highest BCUT2D eigenvalue weighted by atomic mass is 32.2. The Morgan fingerprint density at radius 1 is 0.780 bits per heavy atom. The topological polar surface area (TPSA) is 174 Å². The molecule has 2 fully saturated rings. The molecule has 3 aromatic carbocycles. The Hall–Kier alpha value is -4.77. The Labute approximate surface area is 354 Å². The van der Waals surface area contributed by atoms with Gasteiger partial charge in [0.1, 0.15) is 19.0 Å². The number of methoxy groups -OCH3 is 3. The van der Waals surface area contributed by atoms with Crippen LogP contribution in [0.25, 0.3) is 6.08 Å². The number of nitrogens with zero attached hydrogens (tertiary/aromatic N) is 3.